The van der Waals surface area contributed by atoms with Gasteiger partial charge in [0.15, 0.2) is 0 Å². The topological polar surface area (TPSA) is 29.1 Å². The molecule has 0 aromatic carbocycles. The summed E-state index contributed by atoms with van der Waals surface area (Å²) in [6, 6.07) is 0. The molecule has 0 aromatic rings. The molecule has 8 heavy (non-hydrogen) atoms. The monoisotopic (exact) mass is 130 g/mol. The van der Waals surface area contributed by atoms with Crippen molar-refractivity contribution in [1.29, 1.82) is 0 Å². The van der Waals surface area contributed by atoms with Crippen molar-refractivity contribution in [3.05, 3.63) is 0 Å². The van der Waals surface area contributed by atoms with Crippen LogP contribution in [0.1, 0.15) is 6.42 Å². The maximum absolute atomic E-state index is 9.99. The number of hydrogen-bond acceptors (Lipinski definition) is 3. The minimum absolute atomic E-state index is 0.149. The maximum atomic E-state index is 9.99. The van der Waals surface area contributed by atoms with Gasteiger partial charge in [-0.1, -0.05) is 11.9 Å². The Balaban J connectivity index is 2.22. The van der Waals surface area contributed by atoms with E-state index in [0.717, 1.165) is 18.7 Å². The molecule has 0 aromatic heterocycles. The fourth-order valence-corrected chi connectivity index (χ4v) is 1.50. The summed E-state index contributed by atoms with van der Waals surface area (Å²) in [6.07, 6.45) is 2.97. The summed E-state index contributed by atoms with van der Waals surface area (Å²) < 4.78 is 3.04. The van der Waals surface area contributed by atoms with Gasteiger partial charge in [-0.05, 0) is 6.42 Å². The van der Waals surface area contributed by atoms with Gasteiger partial charge in [-0.25, -0.2) is 0 Å². The lowest BCUT2D eigenvalue weighted by atomic mass is 10.1. The van der Waals surface area contributed by atoms with E-state index in [1.807, 2.05) is 6.29 Å². The first-order chi connectivity index (χ1) is 3.93. The first-order valence-electron chi connectivity index (χ1n) is 2.66. The molecule has 0 saturated carbocycles. The zero-order valence-corrected chi connectivity index (χ0v) is 5.33. The van der Waals surface area contributed by atoms with Crippen LogP contribution in [0, 0.1) is 5.92 Å². The van der Waals surface area contributed by atoms with E-state index in [1.165, 1.54) is 0 Å². The van der Waals surface area contributed by atoms with Crippen LogP contribution in [0.15, 0.2) is 0 Å². The molecule has 3 heteroatoms. The molecule has 2 nitrogen and oxygen atoms in total. The minimum atomic E-state index is 0.149. The lowest BCUT2D eigenvalue weighted by Crippen LogP contribution is -2.24. The van der Waals surface area contributed by atoms with Crippen LogP contribution in [0.3, 0.4) is 0 Å². The predicted molar refractivity (Wildman–Crippen MR) is 34.3 cm³/mol. The number of nitrogens with one attached hydrogen (secondary N) is 1. The molecule has 1 unspecified atom stereocenters. The Kier molecular flexibility index (Phi) is 2.36. The summed E-state index contributed by atoms with van der Waals surface area (Å²) in [5, 5.41) is 0. The number of hydrogen-bond donors (Lipinski definition) is 1. The average molecular weight is 130 g/mol. The van der Waals surface area contributed by atoms with Crippen molar-refractivity contribution < 1.29 is 4.79 Å². The summed E-state index contributed by atoms with van der Waals surface area (Å²) in [5.41, 5.74) is 0. The molecule has 0 aliphatic carbocycles. The normalized spacial score (nSPS) is 29.8. The highest BCUT2D eigenvalue weighted by molar-refractivity contribution is 7.97. The van der Waals surface area contributed by atoms with Crippen LogP contribution >= 0.6 is 11.9 Å². The fourth-order valence-electron chi connectivity index (χ4n) is 0.636. The van der Waals surface area contributed by atoms with Crippen LogP contribution in [0.5, 0.6) is 0 Å². The van der Waals surface area contributed by atoms with Crippen molar-refractivity contribution in [3.8, 4) is 0 Å². The third-order valence-corrected chi connectivity index (χ3v) is 1.98. The van der Waals surface area contributed by atoms with Crippen LogP contribution in [-0.2, 0) is 4.79 Å². The molecule has 0 spiro atoms. The van der Waals surface area contributed by atoms with Gasteiger partial charge in [0.1, 0.15) is 0 Å². The van der Waals surface area contributed by atoms with Crippen molar-refractivity contribution in [1.82, 2.24) is 4.72 Å². The summed E-state index contributed by atoms with van der Waals surface area (Å²) >= 11 is 1.69. The third-order valence-electron chi connectivity index (χ3n) is 1.17. The highest BCUT2D eigenvalue weighted by Crippen LogP contribution is 2.10. The third kappa shape index (κ3) is 1.49. The largest absolute Gasteiger partial charge is 0.291 e. The van der Waals surface area contributed by atoms with E-state index in [0.29, 0.717) is 0 Å². The Hall–Kier alpha value is -0.0200. The van der Waals surface area contributed by atoms with Gasteiger partial charge in [-0.15, -0.1) is 0 Å². The standard InChI is InChI=1S/C5H8NOS/c7-4-5-1-2-8-6-3-5/h5-6H,1-3H2. The minimum Gasteiger partial charge on any atom is -0.291 e. The average Bonchev–Trinajstić information content (AvgIpc) is 1.90. The maximum Gasteiger partial charge on any atom is 0.203 e. The summed E-state index contributed by atoms with van der Waals surface area (Å²) in [5.74, 6) is 1.19. The molecule has 0 amide bonds. The van der Waals surface area contributed by atoms with Gasteiger partial charge < -0.3 is 0 Å². The van der Waals surface area contributed by atoms with Gasteiger partial charge in [0, 0.05) is 18.2 Å². The van der Waals surface area contributed by atoms with Gasteiger partial charge >= 0.3 is 0 Å². The van der Waals surface area contributed by atoms with Crippen molar-refractivity contribution in [2.75, 3.05) is 12.3 Å². The van der Waals surface area contributed by atoms with E-state index in [-0.39, 0.29) is 5.92 Å². The molecular weight excluding hydrogens is 122 g/mol. The van der Waals surface area contributed by atoms with Gasteiger partial charge in [0.25, 0.3) is 0 Å². The summed E-state index contributed by atoms with van der Waals surface area (Å²) in [6.45, 7) is 0.800. The van der Waals surface area contributed by atoms with E-state index in [4.69, 9.17) is 0 Å². The first-order valence-corrected chi connectivity index (χ1v) is 3.64. The lowest BCUT2D eigenvalue weighted by Gasteiger charge is -2.14. The lowest BCUT2D eigenvalue weighted by molar-refractivity contribution is 0.509. The summed E-state index contributed by atoms with van der Waals surface area (Å²) in [7, 11) is 0. The van der Waals surface area contributed by atoms with Crippen molar-refractivity contribution in [2.24, 2.45) is 5.92 Å². The Morgan fingerprint density at radius 2 is 2.62 bits per heavy atom. The second-order valence-electron chi connectivity index (χ2n) is 1.80. The van der Waals surface area contributed by atoms with Crippen molar-refractivity contribution >= 4 is 18.2 Å². The Morgan fingerprint density at radius 1 is 1.75 bits per heavy atom. The highest BCUT2D eigenvalue weighted by atomic mass is 32.2. The van der Waals surface area contributed by atoms with Crippen LogP contribution < -0.4 is 4.72 Å². The molecule has 1 N–H and O–H groups in total. The van der Waals surface area contributed by atoms with E-state index in [9.17, 15) is 4.79 Å². The van der Waals surface area contributed by atoms with Gasteiger partial charge in [-0.2, -0.15) is 0 Å². The van der Waals surface area contributed by atoms with Crippen LogP contribution in [0.4, 0.5) is 0 Å². The highest BCUT2D eigenvalue weighted by Gasteiger charge is 2.11. The Morgan fingerprint density at radius 3 is 3.00 bits per heavy atom. The quantitative estimate of drug-likeness (QED) is 0.519. The number of carbonyl (C=O) groups excluding carboxylic acids is 1. The van der Waals surface area contributed by atoms with E-state index < -0.39 is 0 Å². The molecule has 1 aliphatic rings. The number of rotatable bonds is 1. The van der Waals surface area contributed by atoms with E-state index >= 15 is 0 Å². The molecule has 0 bridgehead atoms. The SMILES string of the molecule is O=[C]C1CCSNC1. The van der Waals surface area contributed by atoms with Crippen LogP contribution in [0.25, 0.3) is 0 Å². The fraction of sp³-hybridized carbons (Fsp3) is 0.800. The second kappa shape index (κ2) is 3.10. The summed E-state index contributed by atoms with van der Waals surface area (Å²) in [4.78, 5) is 9.99. The molecule has 1 radical (unpaired) electrons. The Bertz CT molecular complexity index is 80.5. The van der Waals surface area contributed by atoms with Crippen LogP contribution in [0.2, 0.25) is 0 Å². The molecule has 1 aliphatic heterocycles. The zero-order chi connectivity index (χ0) is 5.82. The van der Waals surface area contributed by atoms with Crippen LogP contribution in [-0.4, -0.2) is 18.6 Å². The molecule has 1 atom stereocenters. The van der Waals surface area contributed by atoms with E-state index in [1.54, 1.807) is 11.9 Å². The second-order valence-corrected chi connectivity index (χ2v) is 2.79. The van der Waals surface area contributed by atoms with Gasteiger partial charge in [-0.3, -0.25) is 9.52 Å². The molecule has 1 saturated heterocycles. The smallest absolute Gasteiger partial charge is 0.203 e. The molecular formula is C5H8NOS. The van der Waals surface area contributed by atoms with Crippen molar-refractivity contribution in [2.45, 2.75) is 6.42 Å². The Labute approximate surface area is 53.2 Å². The molecule has 1 fully saturated rings. The van der Waals surface area contributed by atoms with Gasteiger partial charge in [0.05, 0.1) is 0 Å². The zero-order valence-electron chi connectivity index (χ0n) is 4.52. The first kappa shape index (κ1) is 6.11. The van der Waals surface area contributed by atoms with Gasteiger partial charge in [0.2, 0.25) is 6.29 Å². The molecule has 45 valence electrons. The molecule has 1 heterocycles. The molecule has 1 rings (SSSR count). The van der Waals surface area contributed by atoms with E-state index in [2.05, 4.69) is 4.72 Å². The van der Waals surface area contributed by atoms with Crippen molar-refractivity contribution in [3.63, 3.8) is 0 Å². The predicted octanol–water partition coefficient (Wildman–Crippen LogP) is 0.354.